The number of halogens is 1. The van der Waals surface area contributed by atoms with E-state index < -0.39 is 0 Å². The lowest BCUT2D eigenvalue weighted by atomic mass is 9.92. The Hall–Kier alpha value is -2.30. The molecule has 2 aromatic heterocycles. The Kier molecular flexibility index (Phi) is 4.72. The van der Waals surface area contributed by atoms with Crippen molar-refractivity contribution in [2.45, 2.75) is 18.9 Å². The minimum absolute atomic E-state index is 0.209. The van der Waals surface area contributed by atoms with E-state index in [1.165, 1.54) is 16.5 Å². The summed E-state index contributed by atoms with van der Waals surface area (Å²) >= 11 is 1.79. The normalized spacial score (nSPS) is 17.3. The SMILES string of the molecule is Fc1cccc(-c2ccncc2CC2CC(c3cccs3)=CCN2)c1. The van der Waals surface area contributed by atoms with Crippen molar-refractivity contribution in [2.75, 3.05) is 6.54 Å². The van der Waals surface area contributed by atoms with Crippen LogP contribution < -0.4 is 5.32 Å². The van der Waals surface area contributed by atoms with Gasteiger partial charge in [0, 0.05) is 29.9 Å². The molecule has 0 aliphatic carbocycles. The Morgan fingerprint density at radius 1 is 1.20 bits per heavy atom. The van der Waals surface area contributed by atoms with Crippen molar-refractivity contribution < 1.29 is 4.39 Å². The highest BCUT2D eigenvalue weighted by atomic mass is 32.1. The topological polar surface area (TPSA) is 24.9 Å². The molecule has 25 heavy (non-hydrogen) atoms. The lowest BCUT2D eigenvalue weighted by molar-refractivity contribution is 0.533. The molecule has 1 aliphatic heterocycles. The summed E-state index contributed by atoms with van der Waals surface area (Å²) in [6.45, 7) is 0.882. The van der Waals surface area contributed by atoms with Crippen LogP contribution in [0.4, 0.5) is 4.39 Å². The van der Waals surface area contributed by atoms with Crippen molar-refractivity contribution in [3.05, 3.63) is 82.6 Å². The second-order valence-electron chi connectivity index (χ2n) is 6.26. The molecule has 1 N–H and O–H groups in total. The number of nitrogens with one attached hydrogen (secondary N) is 1. The van der Waals surface area contributed by atoms with Gasteiger partial charge in [-0.15, -0.1) is 11.3 Å². The van der Waals surface area contributed by atoms with E-state index in [1.54, 1.807) is 29.7 Å². The molecule has 0 amide bonds. The summed E-state index contributed by atoms with van der Waals surface area (Å²) in [4.78, 5) is 5.64. The zero-order valence-corrected chi connectivity index (χ0v) is 14.6. The molecule has 0 radical (unpaired) electrons. The average Bonchev–Trinajstić information content (AvgIpc) is 3.17. The maximum absolute atomic E-state index is 13.6. The van der Waals surface area contributed by atoms with Crippen LogP contribution in [0.25, 0.3) is 16.7 Å². The van der Waals surface area contributed by atoms with Gasteiger partial charge in [0.15, 0.2) is 0 Å². The fraction of sp³-hybridized carbons (Fsp3) is 0.190. The fourth-order valence-corrected chi connectivity index (χ4v) is 4.15. The van der Waals surface area contributed by atoms with E-state index in [1.807, 2.05) is 18.3 Å². The van der Waals surface area contributed by atoms with Gasteiger partial charge >= 0.3 is 0 Å². The zero-order chi connectivity index (χ0) is 17.1. The molecular formula is C21H19FN2S. The first-order valence-corrected chi connectivity index (χ1v) is 9.33. The van der Waals surface area contributed by atoms with Gasteiger partial charge in [0.2, 0.25) is 0 Å². The number of hydrogen-bond acceptors (Lipinski definition) is 3. The molecule has 0 fully saturated rings. The summed E-state index contributed by atoms with van der Waals surface area (Å²) in [5.41, 5.74) is 4.53. The van der Waals surface area contributed by atoms with Crippen molar-refractivity contribution in [2.24, 2.45) is 0 Å². The summed E-state index contributed by atoms with van der Waals surface area (Å²) in [6.07, 6.45) is 7.83. The number of thiophene rings is 1. The van der Waals surface area contributed by atoms with Crippen molar-refractivity contribution in [3.8, 4) is 11.1 Å². The van der Waals surface area contributed by atoms with Crippen LogP contribution in [0.2, 0.25) is 0 Å². The van der Waals surface area contributed by atoms with Crippen LogP contribution in [-0.2, 0) is 6.42 Å². The van der Waals surface area contributed by atoms with E-state index in [4.69, 9.17) is 0 Å². The van der Waals surface area contributed by atoms with Gasteiger partial charge in [-0.25, -0.2) is 4.39 Å². The maximum atomic E-state index is 13.6. The molecule has 126 valence electrons. The molecule has 1 aromatic carbocycles. The molecule has 1 unspecified atom stereocenters. The molecule has 0 bridgehead atoms. The first kappa shape index (κ1) is 16.2. The Morgan fingerprint density at radius 3 is 3.00 bits per heavy atom. The zero-order valence-electron chi connectivity index (χ0n) is 13.8. The molecule has 0 spiro atoms. The van der Waals surface area contributed by atoms with Crippen molar-refractivity contribution >= 4 is 16.9 Å². The summed E-state index contributed by atoms with van der Waals surface area (Å²) in [5.74, 6) is -0.209. The lowest BCUT2D eigenvalue weighted by Gasteiger charge is -2.25. The standard InChI is InChI=1S/C21H19FN2S/c22-18-4-1-3-15(11-18)20-7-8-23-14-17(20)13-19-12-16(6-9-24-19)21-5-2-10-25-21/h1-8,10-11,14,19,24H,9,12-13H2. The van der Waals surface area contributed by atoms with Crippen molar-refractivity contribution in [3.63, 3.8) is 0 Å². The summed E-state index contributed by atoms with van der Waals surface area (Å²) in [5, 5.41) is 5.70. The number of hydrogen-bond donors (Lipinski definition) is 1. The molecule has 0 saturated carbocycles. The van der Waals surface area contributed by atoms with E-state index >= 15 is 0 Å². The van der Waals surface area contributed by atoms with Gasteiger partial charge in [-0.05, 0) is 64.8 Å². The summed E-state index contributed by atoms with van der Waals surface area (Å²) in [7, 11) is 0. The van der Waals surface area contributed by atoms with Crippen LogP contribution in [0.1, 0.15) is 16.9 Å². The molecule has 4 heteroatoms. The van der Waals surface area contributed by atoms with Crippen LogP contribution in [0.5, 0.6) is 0 Å². The minimum Gasteiger partial charge on any atom is -0.310 e. The van der Waals surface area contributed by atoms with Gasteiger partial charge in [-0.3, -0.25) is 4.98 Å². The molecule has 3 heterocycles. The van der Waals surface area contributed by atoms with Crippen LogP contribution in [0.3, 0.4) is 0 Å². The Morgan fingerprint density at radius 2 is 2.16 bits per heavy atom. The average molecular weight is 350 g/mol. The van der Waals surface area contributed by atoms with E-state index in [0.29, 0.717) is 6.04 Å². The van der Waals surface area contributed by atoms with Gasteiger partial charge in [0.1, 0.15) is 5.82 Å². The van der Waals surface area contributed by atoms with Gasteiger partial charge in [-0.1, -0.05) is 24.3 Å². The fourth-order valence-electron chi connectivity index (χ4n) is 3.37. The first-order chi connectivity index (χ1) is 12.3. The predicted molar refractivity (Wildman–Crippen MR) is 102 cm³/mol. The van der Waals surface area contributed by atoms with Gasteiger partial charge < -0.3 is 5.32 Å². The highest BCUT2D eigenvalue weighted by Crippen LogP contribution is 2.29. The van der Waals surface area contributed by atoms with E-state index in [0.717, 1.165) is 36.1 Å². The molecule has 4 rings (SSSR count). The predicted octanol–water partition coefficient (Wildman–Crippen LogP) is 4.94. The number of aromatic nitrogens is 1. The van der Waals surface area contributed by atoms with E-state index in [9.17, 15) is 4.39 Å². The molecular weight excluding hydrogens is 331 g/mol. The van der Waals surface area contributed by atoms with Crippen LogP contribution in [0, 0.1) is 5.82 Å². The quantitative estimate of drug-likeness (QED) is 0.721. The number of nitrogens with zero attached hydrogens (tertiary/aromatic N) is 1. The van der Waals surface area contributed by atoms with Gasteiger partial charge in [-0.2, -0.15) is 0 Å². The van der Waals surface area contributed by atoms with Gasteiger partial charge in [0.05, 0.1) is 0 Å². The van der Waals surface area contributed by atoms with Crippen LogP contribution >= 0.6 is 11.3 Å². The minimum atomic E-state index is -0.209. The monoisotopic (exact) mass is 350 g/mol. The molecule has 0 saturated heterocycles. The Labute approximate surface area is 151 Å². The summed E-state index contributed by atoms with van der Waals surface area (Å²) < 4.78 is 13.6. The molecule has 3 aromatic rings. The largest absolute Gasteiger partial charge is 0.310 e. The third kappa shape index (κ3) is 3.70. The second kappa shape index (κ2) is 7.30. The van der Waals surface area contributed by atoms with Crippen molar-refractivity contribution in [1.29, 1.82) is 0 Å². The highest BCUT2D eigenvalue weighted by molar-refractivity contribution is 7.11. The van der Waals surface area contributed by atoms with E-state index in [2.05, 4.69) is 33.9 Å². The van der Waals surface area contributed by atoms with E-state index in [-0.39, 0.29) is 5.82 Å². The smallest absolute Gasteiger partial charge is 0.123 e. The maximum Gasteiger partial charge on any atom is 0.123 e. The first-order valence-electron chi connectivity index (χ1n) is 8.45. The van der Waals surface area contributed by atoms with Crippen LogP contribution in [0.15, 0.2) is 66.3 Å². The third-order valence-corrected chi connectivity index (χ3v) is 5.51. The molecule has 2 nitrogen and oxygen atoms in total. The van der Waals surface area contributed by atoms with Gasteiger partial charge in [0.25, 0.3) is 0 Å². The molecule has 1 aliphatic rings. The van der Waals surface area contributed by atoms with Crippen molar-refractivity contribution in [1.82, 2.24) is 10.3 Å². The molecule has 1 atom stereocenters. The summed E-state index contributed by atoms with van der Waals surface area (Å²) in [6, 6.07) is 13.4. The number of benzene rings is 1. The second-order valence-corrected chi connectivity index (χ2v) is 7.21. The number of rotatable bonds is 4. The third-order valence-electron chi connectivity index (χ3n) is 4.56. The number of pyridine rings is 1. The lowest BCUT2D eigenvalue weighted by Crippen LogP contribution is -2.34. The van der Waals surface area contributed by atoms with Crippen LogP contribution in [-0.4, -0.2) is 17.6 Å². The highest BCUT2D eigenvalue weighted by Gasteiger charge is 2.19. The Bertz CT molecular complexity index is 886. The Balaban J connectivity index is 1.57.